The average Bonchev–Trinajstić information content (AvgIpc) is 3.16. The fourth-order valence-electron chi connectivity index (χ4n) is 7.82. The molecule has 2 aliphatic rings. The van der Waals surface area contributed by atoms with E-state index in [1.807, 2.05) is 24.3 Å². The lowest BCUT2D eigenvalue weighted by molar-refractivity contribution is -0.137. The van der Waals surface area contributed by atoms with E-state index >= 15 is 0 Å². The third-order valence-electron chi connectivity index (χ3n) is 11.0. The number of imide groups is 1. The third kappa shape index (κ3) is 7.80. The summed E-state index contributed by atoms with van der Waals surface area (Å²) in [5, 5.41) is 6.19. The fourth-order valence-corrected chi connectivity index (χ4v) is 7.82. The molecule has 2 fully saturated rings. The number of alkyl halides is 4. The van der Waals surface area contributed by atoms with Gasteiger partial charge >= 0.3 is 0 Å². The van der Waals surface area contributed by atoms with E-state index in [2.05, 4.69) is 36.6 Å². The van der Waals surface area contributed by atoms with Crippen LogP contribution in [0.25, 0.3) is 22.2 Å². The van der Waals surface area contributed by atoms with Gasteiger partial charge in [0.15, 0.2) is 0 Å². The number of nitrogens with one attached hydrogen (secondary N) is 2. The van der Waals surface area contributed by atoms with Crippen LogP contribution in [0.15, 0.2) is 72.9 Å². The predicted octanol–water partition coefficient (Wildman–Crippen LogP) is 9.26. The lowest BCUT2D eigenvalue weighted by Gasteiger charge is -2.35. The zero-order chi connectivity index (χ0) is 39.0. The minimum Gasteiger partial charge on any atom is -0.363 e. The van der Waals surface area contributed by atoms with E-state index in [1.165, 1.54) is 18.2 Å². The van der Waals surface area contributed by atoms with Gasteiger partial charge in [0.2, 0.25) is 11.8 Å². The van der Waals surface area contributed by atoms with Crippen molar-refractivity contribution in [1.82, 2.24) is 25.2 Å². The molecule has 0 spiro atoms. The molecular formula is C42H41F5N6O2. The minimum atomic E-state index is -2.94. The summed E-state index contributed by atoms with van der Waals surface area (Å²) >= 11 is 0. The molecule has 286 valence electrons. The first kappa shape index (κ1) is 38.0. The second kappa shape index (κ2) is 15.4. The van der Waals surface area contributed by atoms with Crippen LogP contribution in [-0.4, -0.2) is 44.8 Å². The van der Waals surface area contributed by atoms with Gasteiger partial charge in [0.25, 0.3) is 12.9 Å². The molecule has 2 aromatic heterocycles. The van der Waals surface area contributed by atoms with Gasteiger partial charge in [0.05, 0.1) is 34.4 Å². The molecule has 13 heteroatoms. The van der Waals surface area contributed by atoms with Gasteiger partial charge in [-0.1, -0.05) is 48.5 Å². The Morgan fingerprint density at radius 2 is 1.65 bits per heavy atom. The van der Waals surface area contributed by atoms with Gasteiger partial charge in [0.1, 0.15) is 17.5 Å². The molecule has 2 aliphatic heterocycles. The van der Waals surface area contributed by atoms with Crippen LogP contribution in [0, 0.1) is 12.7 Å². The second-order valence-electron chi connectivity index (χ2n) is 14.7. The Morgan fingerprint density at radius 1 is 0.927 bits per heavy atom. The maximum atomic E-state index is 15.0. The summed E-state index contributed by atoms with van der Waals surface area (Å²) < 4.78 is 70.7. The molecule has 7 rings (SSSR count). The summed E-state index contributed by atoms with van der Waals surface area (Å²) in [4.78, 5) is 40.5. The van der Waals surface area contributed by atoms with Crippen LogP contribution < -0.4 is 10.6 Å². The Hall–Kier alpha value is -5.30. The zero-order valence-corrected chi connectivity index (χ0v) is 30.7. The van der Waals surface area contributed by atoms with Crippen molar-refractivity contribution in [3.63, 3.8) is 0 Å². The largest absolute Gasteiger partial charge is 0.363 e. The van der Waals surface area contributed by atoms with Gasteiger partial charge in [-0.3, -0.25) is 24.8 Å². The number of hydrogen-bond acceptors (Lipinski definition) is 7. The van der Waals surface area contributed by atoms with Crippen LogP contribution >= 0.6 is 0 Å². The van der Waals surface area contributed by atoms with Gasteiger partial charge in [0, 0.05) is 35.0 Å². The summed E-state index contributed by atoms with van der Waals surface area (Å²) in [5.41, 5.74) is 2.58. The summed E-state index contributed by atoms with van der Waals surface area (Å²) in [6.07, 6.45) is -2.16. The number of carbonyl (C=O) groups is 2. The van der Waals surface area contributed by atoms with Crippen molar-refractivity contribution in [3.8, 4) is 11.3 Å². The highest BCUT2D eigenvalue weighted by atomic mass is 19.3. The van der Waals surface area contributed by atoms with E-state index in [4.69, 9.17) is 0 Å². The average molecular weight is 757 g/mol. The van der Waals surface area contributed by atoms with Crippen molar-refractivity contribution in [2.75, 3.05) is 18.4 Å². The molecule has 55 heavy (non-hydrogen) atoms. The number of carbonyl (C=O) groups excluding carboxylic acids is 2. The number of anilines is 1. The van der Waals surface area contributed by atoms with Crippen LogP contribution in [0.2, 0.25) is 0 Å². The number of hydrogen-bond donors (Lipinski definition) is 2. The van der Waals surface area contributed by atoms with Crippen LogP contribution in [0.5, 0.6) is 0 Å². The first-order valence-corrected chi connectivity index (χ1v) is 18.4. The number of halogens is 5. The summed E-state index contributed by atoms with van der Waals surface area (Å²) in [5.74, 6) is -0.933. The Morgan fingerprint density at radius 3 is 2.38 bits per heavy atom. The smallest absolute Gasteiger partial charge is 0.266 e. The van der Waals surface area contributed by atoms with Crippen molar-refractivity contribution in [3.05, 3.63) is 118 Å². The number of fused-ring (bicyclic) bond motifs is 1. The van der Waals surface area contributed by atoms with E-state index in [9.17, 15) is 31.5 Å². The van der Waals surface area contributed by atoms with Crippen molar-refractivity contribution >= 4 is 28.5 Å². The molecule has 0 saturated carbocycles. The molecule has 8 nitrogen and oxygen atoms in total. The van der Waals surface area contributed by atoms with Crippen LogP contribution in [0.3, 0.4) is 0 Å². The molecule has 2 N–H and O–H groups in total. The highest BCUT2D eigenvalue weighted by molar-refractivity contribution is 6.03. The quantitative estimate of drug-likeness (QED) is 0.108. The Labute approximate surface area is 315 Å². The molecule has 4 heterocycles. The third-order valence-corrected chi connectivity index (χ3v) is 11.0. The number of likely N-dealkylation sites (tertiary alicyclic amines) is 1. The van der Waals surface area contributed by atoms with Crippen molar-refractivity contribution in [2.45, 2.75) is 83.2 Å². The molecule has 0 radical (unpaired) electrons. The van der Waals surface area contributed by atoms with E-state index in [0.29, 0.717) is 71.8 Å². The zero-order valence-electron chi connectivity index (χ0n) is 30.7. The van der Waals surface area contributed by atoms with Crippen molar-refractivity contribution < 1.29 is 31.5 Å². The Kier molecular flexibility index (Phi) is 10.7. The van der Waals surface area contributed by atoms with E-state index in [1.54, 1.807) is 39.1 Å². The van der Waals surface area contributed by atoms with Crippen LogP contribution in [0.1, 0.15) is 104 Å². The number of piperidine rings is 2. The monoisotopic (exact) mass is 756 g/mol. The van der Waals surface area contributed by atoms with Crippen molar-refractivity contribution in [1.29, 1.82) is 0 Å². The number of nitrogens with zero attached hydrogens (tertiary/aromatic N) is 4. The van der Waals surface area contributed by atoms with Gasteiger partial charge in [-0.2, -0.15) is 0 Å². The topological polar surface area (TPSA) is 100 Å². The number of aromatic nitrogens is 3. The first-order valence-electron chi connectivity index (χ1n) is 18.4. The number of aryl methyl sites for hydroxylation is 1. The van der Waals surface area contributed by atoms with E-state index in [-0.39, 0.29) is 35.8 Å². The molecule has 5 aromatic rings. The van der Waals surface area contributed by atoms with Gasteiger partial charge < -0.3 is 5.32 Å². The lowest BCUT2D eigenvalue weighted by Crippen LogP contribution is -2.49. The number of rotatable bonds is 10. The molecule has 0 unspecified atom stereocenters. The summed E-state index contributed by atoms with van der Waals surface area (Å²) in [6, 6.07) is 18.1. The number of pyridine rings is 1. The minimum absolute atomic E-state index is 0.0565. The van der Waals surface area contributed by atoms with Crippen molar-refractivity contribution in [2.24, 2.45) is 0 Å². The molecular weight excluding hydrogens is 715 g/mol. The van der Waals surface area contributed by atoms with Crippen LogP contribution in [-0.2, 0) is 21.5 Å². The highest BCUT2D eigenvalue weighted by Crippen LogP contribution is 2.40. The predicted molar refractivity (Wildman–Crippen MR) is 199 cm³/mol. The second-order valence-corrected chi connectivity index (χ2v) is 14.7. The van der Waals surface area contributed by atoms with Gasteiger partial charge in [-0.15, -0.1) is 0 Å². The molecule has 2 amide bonds. The van der Waals surface area contributed by atoms with Gasteiger partial charge in [-0.05, 0) is 93.9 Å². The molecule has 0 aliphatic carbocycles. The maximum Gasteiger partial charge on any atom is 0.266 e. The fraction of sp³-hybridized carbons (Fsp3) is 0.357. The van der Waals surface area contributed by atoms with Gasteiger partial charge in [-0.25, -0.2) is 31.9 Å². The highest BCUT2D eigenvalue weighted by Gasteiger charge is 2.41. The van der Waals surface area contributed by atoms with Crippen LogP contribution in [0.4, 0.5) is 27.8 Å². The number of amides is 2. The van der Waals surface area contributed by atoms with E-state index < -0.39 is 41.6 Å². The maximum absolute atomic E-state index is 15.0. The molecule has 2 atom stereocenters. The first-order chi connectivity index (χ1) is 26.3. The normalized spacial score (nSPS) is 18.9. The lowest BCUT2D eigenvalue weighted by atomic mass is 9.74. The molecule has 3 aromatic carbocycles. The summed E-state index contributed by atoms with van der Waals surface area (Å²) in [7, 11) is 0. The Balaban J connectivity index is 1.05. The molecule has 0 bridgehead atoms. The standard InChI is InChI=1S/C42H41F5N6O2/c1-23(29-8-5-9-31(37(29)43)38(44)45)49-40-33-20-34(48-21-35(33)50-24(2)51-40)27-7-4-6-25(18-27)22-53-16-13-26(14-17-53)30-11-10-28(19-32(30)39(46)47)42(3)15-12-36(54)52-41(42)55/h4-11,18-21,23,26,38-39H,12-17,22H2,1-3H3,(H,49,50,51)(H,52,54,55)/t23-,42-/m1/s1. The Bertz CT molecular complexity index is 2260. The van der Waals surface area contributed by atoms with E-state index in [0.717, 1.165) is 17.2 Å². The summed E-state index contributed by atoms with van der Waals surface area (Å²) in [6.45, 7) is 7.17. The number of benzene rings is 3. The SMILES string of the molecule is Cc1nc(N[C@H](C)c2cccc(C(F)F)c2F)c2cc(-c3cccc(CN4CCC(c5ccc([C@@]6(C)CCC(=O)NC6=O)cc5C(F)F)CC4)c3)ncc2n1. The molecule has 2 saturated heterocycles.